The maximum Gasteiger partial charge on any atom is 0.410 e. The molecule has 1 aromatic heterocycles. The normalized spacial score (nSPS) is 22.6. The number of carbonyl (C=O) groups excluding carboxylic acids is 1. The number of likely N-dealkylation sites (tertiary alicyclic amines) is 1. The largest absolute Gasteiger partial charge is 0.444 e. The lowest BCUT2D eigenvalue weighted by molar-refractivity contribution is 0.00364. The number of ether oxygens (including phenoxy) is 1. The predicted molar refractivity (Wildman–Crippen MR) is 113 cm³/mol. The Morgan fingerprint density at radius 2 is 2.07 bits per heavy atom. The van der Waals surface area contributed by atoms with Crippen LogP contribution in [0.2, 0.25) is 10.0 Å². The highest BCUT2D eigenvalue weighted by atomic mass is 35.5. The Balaban J connectivity index is 1.81. The fourth-order valence-corrected chi connectivity index (χ4v) is 3.98. The van der Waals surface area contributed by atoms with E-state index in [9.17, 15) is 4.79 Å². The van der Waals surface area contributed by atoms with Crippen molar-refractivity contribution in [2.75, 3.05) is 6.54 Å². The molecule has 0 aliphatic carbocycles. The van der Waals surface area contributed by atoms with Crippen molar-refractivity contribution in [1.82, 2.24) is 19.7 Å². The van der Waals surface area contributed by atoms with Crippen LogP contribution in [0.25, 0.3) is 0 Å². The summed E-state index contributed by atoms with van der Waals surface area (Å²) in [6.07, 6.45) is 4.24. The lowest BCUT2D eigenvalue weighted by atomic mass is 9.81. The summed E-state index contributed by atoms with van der Waals surface area (Å²) in [4.78, 5) is 18.6. The van der Waals surface area contributed by atoms with Gasteiger partial charge < -0.3 is 15.4 Å². The summed E-state index contributed by atoms with van der Waals surface area (Å²) in [5.74, 6) is 0.0594. The summed E-state index contributed by atoms with van der Waals surface area (Å²) in [6, 6.07) is 5.33. The van der Waals surface area contributed by atoms with E-state index in [4.69, 9.17) is 33.7 Å². The fourth-order valence-electron chi connectivity index (χ4n) is 3.67. The van der Waals surface area contributed by atoms with Gasteiger partial charge in [-0.1, -0.05) is 29.3 Å². The average molecular weight is 440 g/mol. The van der Waals surface area contributed by atoms with Crippen molar-refractivity contribution < 1.29 is 9.53 Å². The highest BCUT2D eigenvalue weighted by Crippen LogP contribution is 2.36. The number of aryl methyl sites for hydroxylation is 1. The van der Waals surface area contributed by atoms with Gasteiger partial charge >= 0.3 is 6.09 Å². The second kappa shape index (κ2) is 8.90. The molecule has 3 rings (SSSR count). The van der Waals surface area contributed by atoms with Crippen LogP contribution in [0.4, 0.5) is 4.79 Å². The van der Waals surface area contributed by atoms with Gasteiger partial charge in [0.2, 0.25) is 0 Å². The number of hydrogen-bond acceptors (Lipinski definition) is 5. The van der Waals surface area contributed by atoms with Crippen molar-refractivity contribution in [2.45, 2.75) is 63.8 Å². The first-order valence-corrected chi connectivity index (χ1v) is 10.4. The molecule has 2 heterocycles. The molecule has 1 saturated heterocycles. The number of amides is 1. The molecule has 0 spiro atoms. The van der Waals surface area contributed by atoms with E-state index in [1.165, 1.54) is 6.33 Å². The third kappa shape index (κ3) is 5.62. The van der Waals surface area contributed by atoms with Crippen molar-refractivity contribution in [1.29, 1.82) is 0 Å². The Bertz CT molecular complexity index is 838. The van der Waals surface area contributed by atoms with E-state index in [1.807, 2.05) is 32.9 Å². The molecule has 3 atom stereocenters. The molecule has 1 aliphatic rings. The minimum Gasteiger partial charge on any atom is -0.444 e. The number of carbonyl (C=O) groups is 1. The fraction of sp³-hybridized carbons (Fsp3) is 0.550. The molecule has 1 aromatic carbocycles. The molecule has 9 heteroatoms. The Kier molecular flexibility index (Phi) is 6.71. The van der Waals surface area contributed by atoms with Gasteiger partial charge in [0.25, 0.3) is 0 Å². The second-order valence-electron chi connectivity index (χ2n) is 8.41. The molecule has 2 N–H and O–H groups in total. The van der Waals surface area contributed by atoms with E-state index < -0.39 is 5.60 Å². The number of aromatic nitrogens is 3. The summed E-state index contributed by atoms with van der Waals surface area (Å²) < 4.78 is 7.39. The molecule has 7 nitrogen and oxygen atoms in total. The van der Waals surface area contributed by atoms with Crippen LogP contribution in [0.15, 0.2) is 30.9 Å². The average Bonchev–Trinajstić information content (AvgIpc) is 3.15. The van der Waals surface area contributed by atoms with Crippen molar-refractivity contribution in [2.24, 2.45) is 5.73 Å². The molecule has 0 radical (unpaired) electrons. The Morgan fingerprint density at radius 1 is 1.31 bits per heavy atom. The van der Waals surface area contributed by atoms with Crippen LogP contribution >= 0.6 is 23.2 Å². The Morgan fingerprint density at radius 3 is 2.69 bits per heavy atom. The highest BCUT2D eigenvalue weighted by molar-refractivity contribution is 6.42. The predicted octanol–water partition coefficient (Wildman–Crippen LogP) is 4.10. The standard InChI is InChI=1S/C20H27Cl2N5O2/c1-20(2,3)29-19(28)27-10-18(23)15(13-4-5-16(21)17(22)8-13)9-14(27)6-7-26-12-24-11-25-26/h4-5,8,11-12,14-15,18H,6-7,9-10,23H2,1-3H3/t14?,15-,18+/m0/s1. The molecular weight excluding hydrogens is 413 g/mol. The van der Waals surface area contributed by atoms with Crippen LogP contribution in [0, 0.1) is 0 Å². The van der Waals surface area contributed by atoms with E-state index in [-0.39, 0.29) is 24.1 Å². The smallest absolute Gasteiger partial charge is 0.410 e. The monoisotopic (exact) mass is 439 g/mol. The van der Waals surface area contributed by atoms with Crippen LogP contribution in [-0.2, 0) is 11.3 Å². The quantitative estimate of drug-likeness (QED) is 0.774. The van der Waals surface area contributed by atoms with Crippen LogP contribution in [0.3, 0.4) is 0 Å². The number of hydrogen-bond donors (Lipinski definition) is 1. The van der Waals surface area contributed by atoms with Crippen LogP contribution in [0.1, 0.15) is 45.1 Å². The minimum absolute atomic E-state index is 0.0479. The first-order chi connectivity index (χ1) is 13.6. The number of benzene rings is 1. The van der Waals surface area contributed by atoms with Gasteiger partial charge in [0, 0.05) is 31.1 Å². The van der Waals surface area contributed by atoms with E-state index in [0.29, 0.717) is 36.0 Å². The zero-order valence-corrected chi connectivity index (χ0v) is 18.4. The van der Waals surface area contributed by atoms with Crippen molar-refractivity contribution in [3.63, 3.8) is 0 Å². The van der Waals surface area contributed by atoms with Gasteiger partial charge in [-0.3, -0.25) is 4.68 Å². The first kappa shape index (κ1) is 21.9. The maximum absolute atomic E-state index is 12.8. The summed E-state index contributed by atoms with van der Waals surface area (Å²) in [5, 5.41) is 5.17. The number of rotatable bonds is 4. The molecule has 2 aromatic rings. The first-order valence-electron chi connectivity index (χ1n) is 9.66. The highest BCUT2D eigenvalue weighted by Gasteiger charge is 2.38. The summed E-state index contributed by atoms with van der Waals surface area (Å²) in [6.45, 7) is 6.63. The second-order valence-corrected chi connectivity index (χ2v) is 9.23. The van der Waals surface area contributed by atoms with Gasteiger partial charge in [-0.05, 0) is 51.3 Å². The number of nitrogens with two attached hydrogens (primary N) is 1. The SMILES string of the molecule is CC(C)(C)OC(=O)N1C[C@@H](N)[C@H](c2ccc(Cl)c(Cl)c2)CC1CCn1cncn1. The van der Waals surface area contributed by atoms with Gasteiger partial charge in [0.15, 0.2) is 0 Å². The Hall–Kier alpha value is -1.83. The van der Waals surface area contributed by atoms with Gasteiger partial charge in [-0.2, -0.15) is 5.10 Å². The molecule has 0 bridgehead atoms. The van der Waals surface area contributed by atoms with Crippen LogP contribution in [0.5, 0.6) is 0 Å². The molecular formula is C20H27Cl2N5O2. The third-order valence-corrected chi connectivity index (χ3v) is 5.79. The van der Waals surface area contributed by atoms with Gasteiger partial charge in [-0.25, -0.2) is 9.78 Å². The van der Waals surface area contributed by atoms with E-state index in [1.54, 1.807) is 22.0 Å². The molecule has 158 valence electrons. The zero-order chi connectivity index (χ0) is 21.2. The van der Waals surface area contributed by atoms with Crippen molar-refractivity contribution in [3.05, 3.63) is 46.5 Å². The van der Waals surface area contributed by atoms with Gasteiger partial charge in [0.1, 0.15) is 18.3 Å². The molecule has 1 amide bonds. The molecule has 1 unspecified atom stereocenters. The summed E-state index contributed by atoms with van der Waals surface area (Å²) >= 11 is 12.3. The number of piperidine rings is 1. The zero-order valence-electron chi connectivity index (χ0n) is 16.9. The number of nitrogens with zero attached hydrogens (tertiary/aromatic N) is 4. The van der Waals surface area contributed by atoms with E-state index in [2.05, 4.69) is 10.1 Å². The molecule has 0 saturated carbocycles. The summed E-state index contributed by atoms with van der Waals surface area (Å²) in [5.41, 5.74) is 6.95. The maximum atomic E-state index is 12.8. The molecule has 1 aliphatic heterocycles. The van der Waals surface area contributed by atoms with Crippen molar-refractivity contribution >= 4 is 29.3 Å². The van der Waals surface area contributed by atoms with E-state index >= 15 is 0 Å². The van der Waals surface area contributed by atoms with Gasteiger partial charge in [0.05, 0.1) is 10.0 Å². The lowest BCUT2D eigenvalue weighted by Crippen LogP contribution is -2.55. The van der Waals surface area contributed by atoms with Crippen molar-refractivity contribution in [3.8, 4) is 0 Å². The van der Waals surface area contributed by atoms with Crippen LogP contribution in [-0.4, -0.2) is 50.0 Å². The lowest BCUT2D eigenvalue weighted by Gasteiger charge is -2.43. The minimum atomic E-state index is -0.571. The Labute approximate surface area is 181 Å². The molecule has 1 fully saturated rings. The summed E-state index contributed by atoms with van der Waals surface area (Å²) in [7, 11) is 0. The van der Waals surface area contributed by atoms with Crippen LogP contribution < -0.4 is 5.73 Å². The number of halogens is 2. The van der Waals surface area contributed by atoms with Gasteiger partial charge in [-0.15, -0.1) is 0 Å². The molecule has 29 heavy (non-hydrogen) atoms. The topological polar surface area (TPSA) is 86.3 Å². The van der Waals surface area contributed by atoms with E-state index in [0.717, 1.165) is 5.56 Å². The third-order valence-electron chi connectivity index (χ3n) is 5.05.